The smallest absolute Gasteiger partial charge is 0.285 e. The summed E-state index contributed by atoms with van der Waals surface area (Å²) in [6, 6.07) is 21.3. The van der Waals surface area contributed by atoms with Gasteiger partial charge in [0.2, 0.25) is 0 Å². The highest BCUT2D eigenvalue weighted by Crippen LogP contribution is 2.33. The first-order valence-corrected chi connectivity index (χ1v) is 10.8. The number of ether oxygens (including phenoxy) is 1. The fourth-order valence-corrected chi connectivity index (χ4v) is 3.95. The van der Waals surface area contributed by atoms with Crippen LogP contribution in [0.3, 0.4) is 0 Å². The molecule has 1 heterocycles. The van der Waals surface area contributed by atoms with Crippen LogP contribution in [0.25, 0.3) is 6.08 Å². The number of amides is 2. The number of rotatable bonds is 6. The van der Waals surface area contributed by atoms with Crippen molar-refractivity contribution in [2.24, 2.45) is 4.99 Å². The molecule has 1 N–H and O–H groups in total. The molecule has 170 valence electrons. The Labute approximate surface area is 198 Å². The molecule has 1 aliphatic rings. The number of hydrogen-bond donors (Lipinski definition) is 1. The quantitative estimate of drug-likeness (QED) is 0.318. The molecule has 0 aromatic heterocycles. The van der Waals surface area contributed by atoms with Gasteiger partial charge in [-0.1, -0.05) is 30.3 Å². The Morgan fingerprint density at radius 1 is 1.06 bits per heavy atom. The number of para-hydroxylation sites is 1. The van der Waals surface area contributed by atoms with Crippen molar-refractivity contribution in [2.45, 2.75) is 0 Å². The predicted molar refractivity (Wildman–Crippen MR) is 130 cm³/mol. The van der Waals surface area contributed by atoms with Gasteiger partial charge in [-0.05, 0) is 59.8 Å². The molecule has 0 saturated carbocycles. The Kier molecular flexibility index (Phi) is 6.69. The second kappa shape index (κ2) is 10.0. The maximum atomic E-state index is 13.2. The number of nitrogens with zero attached hydrogens (tertiary/aromatic N) is 3. The maximum absolute atomic E-state index is 13.2. The van der Waals surface area contributed by atoms with E-state index in [0.717, 1.165) is 22.3 Å². The number of nitrogens with one attached hydrogen (secondary N) is 1. The lowest BCUT2D eigenvalue weighted by Crippen LogP contribution is -2.45. The van der Waals surface area contributed by atoms with E-state index in [1.54, 1.807) is 37.5 Å². The van der Waals surface area contributed by atoms with E-state index < -0.39 is 16.7 Å². The van der Waals surface area contributed by atoms with Crippen molar-refractivity contribution in [3.8, 4) is 5.75 Å². The van der Waals surface area contributed by atoms with Crippen LogP contribution in [0.5, 0.6) is 5.75 Å². The second-order valence-corrected chi connectivity index (χ2v) is 8.01. The van der Waals surface area contributed by atoms with Gasteiger partial charge in [-0.25, -0.2) is 4.99 Å². The van der Waals surface area contributed by atoms with E-state index in [0.29, 0.717) is 16.3 Å². The molecular weight excluding hydrogens is 456 g/mol. The van der Waals surface area contributed by atoms with Gasteiger partial charge in [0.05, 0.1) is 22.6 Å². The Bertz CT molecular complexity index is 1290. The molecule has 1 aliphatic heterocycles. The molecule has 0 atom stereocenters. The van der Waals surface area contributed by atoms with Gasteiger partial charge in [-0.15, -0.1) is 0 Å². The van der Waals surface area contributed by atoms with Gasteiger partial charge in [0.1, 0.15) is 5.75 Å². The molecule has 0 spiro atoms. The minimum atomic E-state index is -0.602. The van der Waals surface area contributed by atoms with Crippen molar-refractivity contribution < 1.29 is 19.2 Å². The van der Waals surface area contributed by atoms with E-state index in [1.165, 1.54) is 24.3 Å². The maximum Gasteiger partial charge on any atom is 0.285 e. The van der Waals surface area contributed by atoms with E-state index in [9.17, 15) is 19.7 Å². The topological polar surface area (TPSA) is 114 Å². The number of methoxy groups -OCH3 is 1. The fourth-order valence-electron chi connectivity index (χ4n) is 3.01. The van der Waals surface area contributed by atoms with Gasteiger partial charge in [0.25, 0.3) is 17.5 Å². The Balaban J connectivity index is 1.63. The highest BCUT2D eigenvalue weighted by Gasteiger charge is 2.35. The van der Waals surface area contributed by atoms with Crippen LogP contribution in [0, 0.1) is 10.1 Å². The number of non-ortho nitro benzene ring substituents is 1. The number of nitro benzene ring substituents is 1. The number of amidine groups is 1. The zero-order valence-corrected chi connectivity index (χ0v) is 18.7. The molecule has 10 heteroatoms. The number of carbonyl (C=O) groups excluding carboxylic acids is 2. The number of benzene rings is 3. The summed E-state index contributed by atoms with van der Waals surface area (Å²) >= 11 is 1.12. The first-order valence-electron chi connectivity index (χ1n) is 10.0. The van der Waals surface area contributed by atoms with Crippen LogP contribution in [0.15, 0.2) is 88.8 Å². The van der Waals surface area contributed by atoms with E-state index in [-0.39, 0.29) is 16.4 Å². The van der Waals surface area contributed by atoms with Gasteiger partial charge in [-0.3, -0.25) is 25.1 Å². The van der Waals surface area contributed by atoms with Gasteiger partial charge < -0.3 is 4.74 Å². The van der Waals surface area contributed by atoms with Crippen LogP contribution in [0.2, 0.25) is 0 Å². The summed E-state index contributed by atoms with van der Waals surface area (Å²) in [7, 11) is 1.57. The standard InChI is InChI=1S/C24H18N4O5S/c1-33-20-13-7-16(8-14-20)15-21-23(30)27(24(34-21)25-18-5-3-2-4-6-18)26-22(29)17-9-11-19(12-10-17)28(31)32/h2-15H,1H3,(H,26,29)/b21-15+,25-24?. The molecule has 0 unspecified atom stereocenters. The monoisotopic (exact) mass is 474 g/mol. The van der Waals surface area contributed by atoms with Crippen molar-refractivity contribution in [3.63, 3.8) is 0 Å². The first kappa shape index (κ1) is 22.7. The van der Waals surface area contributed by atoms with Crippen LogP contribution < -0.4 is 10.2 Å². The molecule has 0 radical (unpaired) electrons. The summed E-state index contributed by atoms with van der Waals surface area (Å²) in [5.74, 6) is -0.364. The molecule has 3 aromatic rings. The molecule has 2 amide bonds. The SMILES string of the molecule is COc1ccc(/C=C2/SC(=Nc3ccccc3)N(NC(=O)c3ccc([N+](=O)[O-])cc3)C2=O)cc1. The summed E-state index contributed by atoms with van der Waals surface area (Å²) in [4.78, 5) is 41.1. The minimum absolute atomic E-state index is 0.139. The summed E-state index contributed by atoms with van der Waals surface area (Å²) in [5, 5.41) is 12.2. The van der Waals surface area contributed by atoms with Gasteiger partial charge in [-0.2, -0.15) is 5.01 Å². The zero-order chi connectivity index (χ0) is 24.1. The Hall–Kier alpha value is -4.44. The average Bonchev–Trinajstić information content (AvgIpc) is 3.14. The lowest BCUT2D eigenvalue weighted by molar-refractivity contribution is -0.384. The predicted octanol–water partition coefficient (Wildman–Crippen LogP) is 4.55. The molecule has 3 aromatic carbocycles. The number of hydrazine groups is 1. The van der Waals surface area contributed by atoms with Crippen LogP contribution in [-0.4, -0.2) is 34.0 Å². The van der Waals surface area contributed by atoms with Gasteiger partial charge >= 0.3 is 0 Å². The molecule has 1 saturated heterocycles. The molecule has 1 fully saturated rings. The van der Waals surface area contributed by atoms with Crippen LogP contribution in [0.4, 0.5) is 11.4 Å². The van der Waals surface area contributed by atoms with Crippen molar-refractivity contribution in [1.29, 1.82) is 0 Å². The summed E-state index contributed by atoms with van der Waals surface area (Å²) < 4.78 is 5.16. The van der Waals surface area contributed by atoms with E-state index in [4.69, 9.17) is 4.74 Å². The molecular formula is C24H18N4O5S. The van der Waals surface area contributed by atoms with E-state index in [1.807, 2.05) is 30.3 Å². The molecule has 0 aliphatic carbocycles. The van der Waals surface area contributed by atoms with E-state index in [2.05, 4.69) is 10.4 Å². The number of nitro groups is 1. The summed E-state index contributed by atoms with van der Waals surface area (Å²) in [6.45, 7) is 0. The summed E-state index contributed by atoms with van der Waals surface area (Å²) in [5.41, 5.74) is 3.97. The second-order valence-electron chi connectivity index (χ2n) is 7.00. The average molecular weight is 474 g/mol. The third-order valence-corrected chi connectivity index (χ3v) is 5.72. The number of carbonyl (C=O) groups is 2. The van der Waals surface area contributed by atoms with Crippen LogP contribution in [0.1, 0.15) is 15.9 Å². The highest BCUT2D eigenvalue weighted by atomic mass is 32.2. The van der Waals surface area contributed by atoms with Crippen molar-refractivity contribution in [2.75, 3.05) is 7.11 Å². The lowest BCUT2D eigenvalue weighted by atomic mass is 10.2. The molecule has 0 bridgehead atoms. The Morgan fingerprint density at radius 3 is 2.35 bits per heavy atom. The molecule has 34 heavy (non-hydrogen) atoms. The van der Waals surface area contributed by atoms with Crippen molar-refractivity contribution in [3.05, 3.63) is 105 Å². The fraction of sp³-hybridized carbons (Fsp3) is 0.0417. The summed E-state index contributed by atoms with van der Waals surface area (Å²) in [6.07, 6.45) is 1.70. The minimum Gasteiger partial charge on any atom is -0.497 e. The number of aliphatic imine (C=N–C) groups is 1. The molecule has 9 nitrogen and oxygen atoms in total. The van der Waals surface area contributed by atoms with Crippen LogP contribution in [-0.2, 0) is 4.79 Å². The zero-order valence-electron chi connectivity index (χ0n) is 17.9. The van der Waals surface area contributed by atoms with Crippen molar-refractivity contribution in [1.82, 2.24) is 10.4 Å². The molecule has 4 rings (SSSR count). The normalized spacial score (nSPS) is 15.6. The Morgan fingerprint density at radius 2 is 1.74 bits per heavy atom. The number of hydrogen-bond acceptors (Lipinski definition) is 7. The van der Waals surface area contributed by atoms with Crippen LogP contribution >= 0.6 is 11.8 Å². The highest BCUT2D eigenvalue weighted by molar-refractivity contribution is 8.18. The largest absolute Gasteiger partial charge is 0.497 e. The third-order valence-electron chi connectivity index (χ3n) is 4.75. The first-order chi connectivity index (χ1) is 16.4. The van der Waals surface area contributed by atoms with E-state index >= 15 is 0 Å². The number of thioether (sulfide) groups is 1. The van der Waals surface area contributed by atoms with Crippen molar-refractivity contribution >= 4 is 46.2 Å². The van der Waals surface area contributed by atoms with Gasteiger partial charge in [0.15, 0.2) is 5.17 Å². The third kappa shape index (κ3) is 5.13. The lowest BCUT2D eigenvalue weighted by Gasteiger charge is -2.16. The van der Waals surface area contributed by atoms with Gasteiger partial charge in [0, 0.05) is 17.7 Å².